The van der Waals surface area contributed by atoms with Crippen molar-refractivity contribution in [3.63, 3.8) is 0 Å². The van der Waals surface area contributed by atoms with Crippen molar-refractivity contribution in [3.8, 4) is 0 Å². The van der Waals surface area contributed by atoms with Gasteiger partial charge < -0.3 is 164 Å². The molecule has 22 rings (SSSR count). The average Bonchev–Trinajstić information content (AvgIpc) is 3.39. The lowest BCUT2D eigenvalue weighted by Crippen LogP contribution is -2.69. The molecule has 22 aliphatic heterocycles. The molecule has 22 saturated heterocycles. The number of hydrogen-bond donors (Lipinski definition) is 20. The van der Waals surface area contributed by atoms with Gasteiger partial charge in [0.2, 0.25) is 0 Å². The molecule has 12 bridgehead atoms. The zero-order valence-corrected chi connectivity index (χ0v) is 39.1. The molecule has 0 aromatic heterocycles. The molecule has 32 atom stereocenters. The molecule has 0 amide bonds. The fourth-order valence-corrected chi connectivity index (χ4v) is 9.76. The average molecular weight is 1090 g/mol. The summed E-state index contributed by atoms with van der Waals surface area (Å²) in [5.74, 6) is 0. The number of rotatable bonds is 12. The summed E-state index contributed by atoms with van der Waals surface area (Å²) in [4.78, 5) is 0. The minimum atomic E-state index is -2.25. The van der Waals surface area contributed by atoms with E-state index in [4.69, 9.17) is 61.6 Å². The highest BCUT2D eigenvalue weighted by atomic mass is 16.8. The molecule has 2 unspecified atom stereocenters. The molecule has 0 saturated carbocycles. The van der Waals surface area contributed by atoms with Gasteiger partial charge in [0.05, 0.1) is 39.6 Å². The fraction of sp³-hybridized carbons (Fsp3) is 1.00. The van der Waals surface area contributed by atoms with Gasteiger partial charge in [-0.25, -0.2) is 0 Å². The highest BCUT2D eigenvalue weighted by molar-refractivity contribution is 5.01. The lowest BCUT2D eigenvalue weighted by molar-refractivity contribution is -0.407. The second-order valence-electron chi connectivity index (χ2n) is 18.8. The van der Waals surface area contributed by atoms with E-state index in [0.29, 0.717) is 0 Å². The van der Waals surface area contributed by atoms with Crippen LogP contribution in [0.5, 0.6) is 0 Å². The Morgan fingerprint density at radius 2 is 0.527 bits per heavy atom. The van der Waals surface area contributed by atoms with E-state index in [9.17, 15) is 102 Å². The van der Waals surface area contributed by atoms with Crippen LogP contribution in [0.2, 0.25) is 0 Å². The summed E-state index contributed by atoms with van der Waals surface area (Å²) < 4.78 is 74.5. The van der Waals surface area contributed by atoms with Gasteiger partial charge in [-0.15, -0.1) is 0 Å². The SMILES string of the molecule is OCCCC(O)C(O)O[C@@H]1[C@@H](O)[C@H]2O[C@H]3[C@H](O)[C@@H](O)[C@@H](O[C@H]4[C@H](O)[C@@H](O)[C@@H](O[C@H]5[C@H](O)[C@@H](O)[C@@H](O[C@H]6[C@H](O)[C@@H](O)[C@@H](O[C@H]7[C@H](O)[C@@H](O)[C@@H](O[C@H]1[C@@H](CO)O2)O[C@@H]7CO)O[C@@H]6CO)O[C@@H]5CO)O[C@@H]4CO)O[C@@H]3CO. The monoisotopic (exact) mass is 1090 g/mol. The Morgan fingerprint density at radius 3 is 0.770 bits per heavy atom. The minimum Gasteiger partial charge on any atom is -0.396 e. The van der Waals surface area contributed by atoms with E-state index in [-0.39, 0.29) is 12.8 Å². The summed E-state index contributed by atoms with van der Waals surface area (Å²) in [6.45, 7) is -6.73. The number of ether oxygens (including phenoxy) is 13. The van der Waals surface area contributed by atoms with Gasteiger partial charge in [0, 0.05) is 6.61 Å². The van der Waals surface area contributed by atoms with Crippen LogP contribution < -0.4 is 0 Å². The smallest absolute Gasteiger partial charge is 0.187 e. The Morgan fingerprint density at radius 1 is 0.297 bits per heavy atom. The van der Waals surface area contributed by atoms with Gasteiger partial charge in [0.15, 0.2) is 44.0 Å². The zero-order valence-electron chi connectivity index (χ0n) is 39.1. The molecule has 432 valence electrons. The largest absolute Gasteiger partial charge is 0.396 e. The van der Waals surface area contributed by atoms with Gasteiger partial charge in [0.1, 0.15) is 153 Å². The summed E-state index contributed by atoms with van der Waals surface area (Å²) in [7, 11) is 0. The van der Waals surface area contributed by atoms with E-state index in [1.807, 2.05) is 0 Å². The van der Waals surface area contributed by atoms with Crippen LogP contribution in [0, 0.1) is 0 Å². The van der Waals surface area contributed by atoms with E-state index in [0.717, 1.165) is 0 Å². The zero-order chi connectivity index (χ0) is 54.0. The molecule has 0 aromatic rings. The third-order valence-electron chi connectivity index (χ3n) is 13.9. The number of aliphatic hydroxyl groups excluding tert-OH is 20. The van der Waals surface area contributed by atoms with E-state index in [2.05, 4.69) is 0 Å². The Hall–Kier alpha value is -1.32. The van der Waals surface area contributed by atoms with Crippen LogP contribution in [0.15, 0.2) is 0 Å². The lowest BCUT2D eigenvalue weighted by atomic mass is 9.94. The molecule has 22 fully saturated rings. The third-order valence-corrected chi connectivity index (χ3v) is 13.9. The molecule has 20 N–H and O–H groups in total. The maximum Gasteiger partial charge on any atom is 0.187 e. The summed E-state index contributed by atoms with van der Waals surface area (Å²) in [6.07, 6.45) is -64.6. The van der Waals surface area contributed by atoms with Gasteiger partial charge in [-0.2, -0.15) is 0 Å². The Kier molecular flexibility index (Phi) is 21.4. The van der Waals surface area contributed by atoms with Crippen LogP contribution >= 0.6 is 0 Å². The van der Waals surface area contributed by atoms with Crippen LogP contribution in [0.25, 0.3) is 0 Å². The maximum absolute atomic E-state index is 11.8. The number of hydrogen-bond acceptors (Lipinski definition) is 33. The van der Waals surface area contributed by atoms with Crippen LogP contribution in [-0.2, 0) is 61.6 Å². The van der Waals surface area contributed by atoms with E-state index in [1.165, 1.54) is 0 Å². The molecular weight excluding hydrogens is 1020 g/mol. The lowest BCUT2D eigenvalue weighted by Gasteiger charge is -2.51. The molecule has 33 nitrogen and oxygen atoms in total. The highest BCUT2D eigenvalue weighted by Gasteiger charge is 2.59. The van der Waals surface area contributed by atoms with Crippen molar-refractivity contribution >= 4 is 0 Å². The quantitative estimate of drug-likeness (QED) is 0.0807. The van der Waals surface area contributed by atoms with Crippen molar-refractivity contribution in [2.24, 2.45) is 0 Å². The molecule has 22 heterocycles. The van der Waals surface area contributed by atoms with E-state index in [1.54, 1.807) is 0 Å². The maximum atomic E-state index is 11.8. The van der Waals surface area contributed by atoms with Crippen molar-refractivity contribution in [1.29, 1.82) is 0 Å². The molecule has 0 aliphatic carbocycles. The summed E-state index contributed by atoms with van der Waals surface area (Å²) in [5, 5.41) is 219. The normalized spacial score (nSPS) is 51.6. The first-order chi connectivity index (χ1) is 35.3. The van der Waals surface area contributed by atoms with Gasteiger partial charge in [-0.1, -0.05) is 0 Å². The predicted molar refractivity (Wildman–Crippen MR) is 223 cm³/mol. The van der Waals surface area contributed by atoms with Crippen molar-refractivity contribution in [1.82, 2.24) is 0 Å². The fourth-order valence-electron chi connectivity index (χ4n) is 9.76. The first kappa shape index (κ1) is 60.3. The van der Waals surface area contributed by atoms with Crippen LogP contribution in [0.3, 0.4) is 0 Å². The summed E-state index contributed by atoms with van der Waals surface area (Å²) in [5.41, 5.74) is 0. The predicted octanol–water partition coefficient (Wildman–Crippen LogP) is -13.6. The van der Waals surface area contributed by atoms with Crippen LogP contribution in [0.4, 0.5) is 0 Å². The highest BCUT2D eigenvalue weighted by Crippen LogP contribution is 2.39. The van der Waals surface area contributed by atoms with Crippen LogP contribution in [-0.4, -0.2) is 345 Å². The van der Waals surface area contributed by atoms with Crippen molar-refractivity contribution < 1.29 is 164 Å². The second-order valence-corrected chi connectivity index (χ2v) is 18.8. The molecule has 74 heavy (non-hydrogen) atoms. The first-order valence-electron chi connectivity index (χ1n) is 23.9. The molecule has 33 heteroatoms. The third kappa shape index (κ3) is 12.4. The van der Waals surface area contributed by atoms with Crippen molar-refractivity contribution in [3.05, 3.63) is 0 Å². The Bertz CT molecular complexity index is 1680. The summed E-state index contributed by atoms with van der Waals surface area (Å²) >= 11 is 0. The second kappa shape index (κ2) is 26.3. The number of aliphatic hydroxyl groups is 20. The summed E-state index contributed by atoms with van der Waals surface area (Å²) in [6, 6.07) is 0. The molecular formula is C41H70O33. The van der Waals surface area contributed by atoms with Gasteiger partial charge in [-0.3, -0.25) is 0 Å². The van der Waals surface area contributed by atoms with Crippen LogP contribution in [0.1, 0.15) is 12.8 Å². The standard InChI is InChI=1S/C41H70O33/c42-3-1-2-10(49)35(61)68-34-27(60)41-67-16(9-48)33(34)74-40-26(59)21(54)31(14(7-46)66-40)72-38-24(57)19(52)29(12(5-44)64-38)70-36-22(55)17(50)28(11(4-43)62-36)69-37-23(56)18(51)30(13(6-45)63-37)71-39-25(58)20(53)32(73-41)15(8-47)65-39/h10-61H,1-9H2/t10?,11-,12-,13-,14-,15-,16-,17-,18-,19-,20-,21-,22-,23-,24-,25-,26-,27-,28-,29-,30-,31-,32-,33+,34-,35?,36-,37-,38-,39-,40-,41-/m1/s1. The topological polar surface area (TPSA) is 525 Å². The molecule has 22 aliphatic rings. The Balaban J connectivity index is 1.23. The van der Waals surface area contributed by atoms with Gasteiger partial charge in [0.25, 0.3) is 0 Å². The Labute approximate surface area is 419 Å². The molecule has 0 spiro atoms. The van der Waals surface area contributed by atoms with E-state index < -0.39 is 243 Å². The molecule has 0 radical (unpaired) electrons. The van der Waals surface area contributed by atoms with Gasteiger partial charge in [-0.05, 0) is 12.8 Å². The minimum absolute atomic E-state index is 0.0552. The van der Waals surface area contributed by atoms with Crippen molar-refractivity contribution in [2.45, 2.75) is 209 Å². The van der Waals surface area contributed by atoms with E-state index >= 15 is 0 Å². The van der Waals surface area contributed by atoms with Gasteiger partial charge >= 0.3 is 0 Å². The molecule has 0 aromatic carbocycles. The first-order valence-corrected chi connectivity index (χ1v) is 23.9. The van der Waals surface area contributed by atoms with Crippen molar-refractivity contribution in [2.75, 3.05) is 46.2 Å².